The van der Waals surface area contributed by atoms with Gasteiger partial charge < -0.3 is 4.74 Å². The highest BCUT2D eigenvalue weighted by Gasteiger charge is 2.11. The largest absolute Gasteiger partial charge is 0.496 e. The summed E-state index contributed by atoms with van der Waals surface area (Å²) in [5.74, 6) is 0.399. The lowest BCUT2D eigenvalue weighted by Crippen LogP contribution is -1.96. The van der Waals surface area contributed by atoms with Gasteiger partial charge in [-0.25, -0.2) is 0 Å². The van der Waals surface area contributed by atoms with Crippen molar-refractivity contribution in [2.24, 2.45) is 0 Å². The number of hydrogen-bond acceptors (Lipinski definition) is 2. The number of rotatable bonds is 2. The second kappa shape index (κ2) is 3.99. The van der Waals surface area contributed by atoms with E-state index in [1.165, 1.54) is 7.11 Å². The molecule has 1 rings (SSSR count). The molecule has 4 heteroatoms. The van der Waals surface area contributed by atoms with Crippen LogP contribution in [0, 0.1) is 6.92 Å². The highest BCUT2D eigenvalue weighted by molar-refractivity contribution is 6.68. The van der Waals surface area contributed by atoms with Crippen LogP contribution in [0.25, 0.3) is 0 Å². The number of ether oxygens (including phenoxy) is 1. The third kappa shape index (κ3) is 2.14. The zero-order valence-corrected chi connectivity index (χ0v) is 8.74. The van der Waals surface area contributed by atoms with Gasteiger partial charge in [-0.05, 0) is 36.2 Å². The van der Waals surface area contributed by atoms with Crippen LogP contribution in [0.15, 0.2) is 12.1 Å². The Morgan fingerprint density at radius 1 is 1.46 bits per heavy atom. The van der Waals surface area contributed by atoms with Gasteiger partial charge in [-0.1, -0.05) is 11.6 Å². The fourth-order valence-electron chi connectivity index (χ4n) is 0.986. The Kier molecular flexibility index (Phi) is 3.17. The van der Waals surface area contributed by atoms with Crippen molar-refractivity contribution in [3.63, 3.8) is 0 Å². The molecule has 0 radical (unpaired) electrons. The average molecular weight is 219 g/mol. The minimum Gasteiger partial charge on any atom is -0.496 e. The number of halogens is 2. The summed E-state index contributed by atoms with van der Waals surface area (Å²) >= 11 is 11.2. The van der Waals surface area contributed by atoms with Crippen LogP contribution in [0.1, 0.15) is 15.9 Å². The Hall–Kier alpha value is -0.730. The topological polar surface area (TPSA) is 26.3 Å². The van der Waals surface area contributed by atoms with Crippen LogP contribution < -0.4 is 4.74 Å². The maximum Gasteiger partial charge on any atom is 0.256 e. The molecular formula is C9H8Cl2O2. The summed E-state index contributed by atoms with van der Waals surface area (Å²) in [5.41, 5.74) is 1.14. The average Bonchev–Trinajstić information content (AvgIpc) is 2.08. The second-order valence-electron chi connectivity index (χ2n) is 2.58. The number of carbonyl (C=O) groups excluding carboxylic acids is 1. The van der Waals surface area contributed by atoms with E-state index in [0.717, 1.165) is 5.56 Å². The molecule has 0 bridgehead atoms. The molecule has 0 aliphatic rings. The summed E-state index contributed by atoms with van der Waals surface area (Å²) in [6.45, 7) is 1.80. The molecule has 0 amide bonds. The quantitative estimate of drug-likeness (QED) is 0.714. The summed E-state index contributed by atoms with van der Waals surface area (Å²) in [6, 6.07) is 3.18. The van der Waals surface area contributed by atoms with Crippen LogP contribution in [0.4, 0.5) is 0 Å². The molecule has 13 heavy (non-hydrogen) atoms. The van der Waals surface area contributed by atoms with Crippen molar-refractivity contribution in [2.75, 3.05) is 7.11 Å². The van der Waals surface area contributed by atoms with Crippen LogP contribution >= 0.6 is 23.2 Å². The smallest absolute Gasteiger partial charge is 0.256 e. The van der Waals surface area contributed by atoms with Gasteiger partial charge in [-0.2, -0.15) is 0 Å². The van der Waals surface area contributed by atoms with E-state index in [4.69, 9.17) is 27.9 Å². The SMILES string of the molecule is COc1cc(Cl)c(C)cc1C(=O)Cl. The third-order valence-electron chi connectivity index (χ3n) is 1.69. The summed E-state index contributed by atoms with van der Waals surface area (Å²) in [7, 11) is 1.46. The number of hydrogen-bond donors (Lipinski definition) is 0. The summed E-state index contributed by atoms with van der Waals surface area (Å²) in [6.07, 6.45) is 0. The first kappa shape index (κ1) is 10.4. The highest BCUT2D eigenvalue weighted by atomic mass is 35.5. The van der Waals surface area contributed by atoms with Crippen molar-refractivity contribution in [1.29, 1.82) is 0 Å². The van der Waals surface area contributed by atoms with Gasteiger partial charge >= 0.3 is 0 Å². The Balaban J connectivity index is 3.33. The van der Waals surface area contributed by atoms with Crippen LogP contribution in [-0.2, 0) is 0 Å². The monoisotopic (exact) mass is 218 g/mol. The van der Waals surface area contributed by atoms with E-state index >= 15 is 0 Å². The second-order valence-corrected chi connectivity index (χ2v) is 3.33. The summed E-state index contributed by atoms with van der Waals surface area (Å²) in [4.78, 5) is 10.9. The van der Waals surface area contributed by atoms with Gasteiger partial charge in [0, 0.05) is 5.02 Å². The molecule has 0 unspecified atom stereocenters. The predicted octanol–water partition coefficient (Wildman–Crippen LogP) is 3.04. The summed E-state index contributed by atoms with van der Waals surface area (Å²) < 4.78 is 4.95. The molecule has 2 nitrogen and oxygen atoms in total. The first-order chi connectivity index (χ1) is 6.06. The summed E-state index contributed by atoms with van der Waals surface area (Å²) in [5, 5.41) is 0.00938. The Morgan fingerprint density at radius 2 is 2.08 bits per heavy atom. The molecule has 0 atom stereocenters. The molecule has 0 saturated heterocycles. The van der Waals surface area contributed by atoms with Gasteiger partial charge in [0.2, 0.25) is 0 Å². The van der Waals surface area contributed by atoms with Crippen molar-refractivity contribution in [2.45, 2.75) is 6.92 Å². The van der Waals surface area contributed by atoms with Crippen molar-refractivity contribution in [3.8, 4) is 5.75 Å². The standard InChI is InChI=1S/C9H8Cl2O2/c1-5-3-6(9(11)12)8(13-2)4-7(5)10/h3-4H,1-2H3. The van der Waals surface area contributed by atoms with E-state index in [1.54, 1.807) is 19.1 Å². The molecule has 70 valence electrons. The van der Waals surface area contributed by atoms with Gasteiger partial charge in [0.25, 0.3) is 5.24 Å². The molecule has 0 aromatic heterocycles. The van der Waals surface area contributed by atoms with Crippen molar-refractivity contribution in [3.05, 3.63) is 28.3 Å². The zero-order chi connectivity index (χ0) is 10.0. The molecule has 0 N–H and O–H groups in total. The first-order valence-corrected chi connectivity index (χ1v) is 4.36. The van der Waals surface area contributed by atoms with Gasteiger partial charge in [0.1, 0.15) is 5.75 Å². The number of benzene rings is 1. The maximum atomic E-state index is 10.9. The van der Waals surface area contributed by atoms with E-state index in [9.17, 15) is 4.79 Å². The zero-order valence-electron chi connectivity index (χ0n) is 7.23. The van der Waals surface area contributed by atoms with E-state index in [0.29, 0.717) is 16.3 Å². The van der Waals surface area contributed by atoms with Crippen LogP contribution in [0.2, 0.25) is 5.02 Å². The van der Waals surface area contributed by atoms with Crippen molar-refractivity contribution >= 4 is 28.4 Å². The molecular weight excluding hydrogens is 211 g/mol. The van der Waals surface area contributed by atoms with E-state index in [1.807, 2.05) is 0 Å². The Bertz CT molecular complexity index is 348. The molecule has 1 aromatic rings. The number of carbonyl (C=O) groups is 1. The third-order valence-corrected chi connectivity index (χ3v) is 2.30. The minimum absolute atomic E-state index is 0.339. The molecule has 1 aromatic carbocycles. The maximum absolute atomic E-state index is 10.9. The lowest BCUT2D eigenvalue weighted by molar-refractivity contribution is 0.107. The number of aryl methyl sites for hydroxylation is 1. The predicted molar refractivity (Wildman–Crippen MR) is 52.9 cm³/mol. The van der Waals surface area contributed by atoms with Crippen molar-refractivity contribution in [1.82, 2.24) is 0 Å². The van der Waals surface area contributed by atoms with Crippen LogP contribution in [0.3, 0.4) is 0 Å². The fourth-order valence-corrected chi connectivity index (χ4v) is 1.29. The molecule has 0 spiro atoms. The molecule has 0 fully saturated rings. The molecule has 0 heterocycles. The minimum atomic E-state index is -0.545. The first-order valence-electron chi connectivity index (χ1n) is 3.60. The lowest BCUT2D eigenvalue weighted by Gasteiger charge is -2.06. The van der Waals surface area contributed by atoms with Gasteiger partial charge in [-0.15, -0.1) is 0 Å². The van der Waals surface area contributed by atoms with Gasteiger partial charge in [0.15, 0.2) is 0 Å². The molecule has 0 aliphatic carbocycles. The van der Waals surface area contributed by atoms with E-state index in [-0.39, 0.29) is 0 Å². The van der Waals surface area contributed by atoms with Crippen molar-refractivity contribution < 1.29 is 9.53 Å². The Morgan fingerprint density at radius 3 is 2.54 bits per heavy atom. The highest BCUT2D eigenvalue weighted by Crippen LogP contribution is 2.27. The Labute approximate surface area is 86.4 Å². The van der Waals surface area contributed by atoms with Gasteiger partial charge in [0.05, 0.1) is 12.7 Å². The van der Waals surface area contributed by atoms with E-state index < -0.39 is 5.24 Å². The molecule has 0 saturated carbocycles. The van der Waals surface area contributed by atoms with Crippen LogP contribution in [0.5, 0.6) is 5.75 Å². The van der Waals surface area contributed by atoms with E-state index in [2.05, 4.69) is 0 Å². The normalized spacial score (nSPS) is 9.85. The van der Waals surface area contributed by atoms with Gasteiger partial charge in [-0.3, -0.25) is 4.79 Å². The number of methoxy groups -OCH3 is 1. The lowest BCUT2D eigenvalue weighted by atomic mass is 10.1. The molecule has 0 aliphatic heterocycles. The fraction of sp³-hybridized carbons (Fsp3) is 0.222. The van der Waals surface area contributed by atoms with Crippen LogP contribution in [-0.4, -0.2) is 12.4 Å².